The van der Waals surface area contributed by atoms with E-state index in [9.17, 15) is 5.26 Å². The van der Waals surface area contributed by atoms with Crippen molar-refractivity contribution in [3.63, 3.8) is 0 Å². The molecule has 0 atom stereocenters. The highest BCUT2D eigenvalue weighted by atomic mass is 32.1. The van der Waals surface area contributed by atoms with Gasteiger partial charge in [0.15, 0.2) is 0 Å². The van der Waals surface area contributed by atoms with Gasteiger partial charge in [0.05, 0.1) is 12.2 Å². The van der Waals surface area contributed by atoms with Gasteiger partial charge in [-0.05, 0) is 34.6 Å². The average molecular weight is 405 g/mol. The van der Waals surface area contributed by atoms with Gasteiger partial charge in [-0.1, -0.05) is 51.2 Å². The van der Waals surface area contributed by atoms with Crippen LogP contribution in [0.3, 0.4) is 0 Å². The zero-order valence-electron chi connectivity index (χ0n) is 16.0. The predicted octanol–water partition coefficient (Wildman–Crippen LogP) is 5.26. The topological polar surface area (TPSA) is 65.9 Å². The van der Waals surface area contributed by atoms with Crippen LogP contribution in [0.15, 0.2) is 41.8 Å². The van der Waals surface area contributed by atoms with E-state index >= 15 is 0 Å². The molecule has 6 heteroatoms. The van der Waals surface area contributed by atoms with Crippen LogP contribution < -0.4 is 10.6 Å². The Morgan fingerprint density at radius 1 is 1.18 bits per heavy atom. The molecule has 28 heavy (non-hydrogen) atoms. The molecular formula is C22H20N4S2. The molecule has 0 aliphatic carbocycles. The monoisotopic (exact) mass is 404 g/mol. The minimum atomic E-state index is 0.0943. The second-order valence-corrected chi connectivity index (χ2v) is 9.18. The molecule has 0 amide bonds. The fourth-order valence-corrected chi connectivity index (χ4v) is 4.66. The van der Waals surface area contributed by atoms with Gasteiger partial charge in [0.2, 0.25) is 0 Å². The van der Waals surface area contributed by atoms with Crippen LogP contribution >= 0.6 is 23.6 Å². The molecule has 0 saturated carbocycles. The lowest BCUT2D eigenvalue weighted by atomic mass is 9.87. The highest BCUT2D eigenvalue weighted by molar-refractivity contribution is 7.81. The number of anilines is 2. The molecule has 140 valence electrons. The Labute approximate surface area is 174 Å². The van der Waals surface area contributed by atoms with Crippen molar-refractivity contribution >= 4 is 40.0 Å². The van der Waals surface area contributed by atoms with Crippen molar-refractivity contribution in [3.05, 3.63) is 64.2 Å². The number of hydrogen-bond acceptors (Lipinski definition) is 5. The maximum absolute atomic E-state index is 9.68. The number of nitrogen functional groups attached to an aromatic ring is 1. The van der Waals surface area contributed by atoms with E-state index in [1.54, 1.807) is 11.3 Å². The third-order valence-corrected chi connectivity index (χ3v) is 6.30. The van der Waals surface area contributed by atoms with Gasteiger partial charge in [0, 0.05) is 21.7 Å². The van der Waals surface area contributed by atoms with Crippen molar-refractivity contribution in [1.82, 2.24) is 4.98 Å². The second kappa shape index (κ2) is 6.69. The molecule has 0 spiro atoms. The number of rotatable bonds is 2. The quantitative estimate of drug-likeness (QED) is 0.590. The van der Waals surface area contributed by atoms with E-state index < -0.39 is 0 Å². The molecule has 0 radical (unpaired) electrons. The Hall–Kier alpha value is -2.75. The van der Waals surface area contributed by atoms with E-state index in [1.165, 1.54) is 5.56 Å². The summed E-state index contributed by atoms with van der Waals surface area (Å²) in [6.07, 6.45) is 0. The first kappa shape index (κ1) is 18.6. The number of nitrogens with two attached hydrogens (primary N) is 1. The molecule has 3 aromatic rings. The van der Waals surface area contributed by atoms with Gasteiger partial charge in [0.1, 0.15) is 22.4 Å². The zero-order valence-corrected chi connectivity index (χ0v) is 17.6. The van der Waals surface area contributed by atoms with Crippen molar-refractivity contribution in [2.45, 2.75) is 32.7 Å². The molecule has 2 N–H and O–H groups in total. The number of pyridine rings is 1. The Bertz CT molecular complexity index is 1100. The molecule has 1 aliphatic rings. The van der Waals surface area contributed by atoms with Crippen molar-refractivity contribution in [2.24, 2.45) is 0 Å². The number of fused-ring (bicyclic) bond motifs is 1. The zero-order chi connectivity index (χ0) is 20.1. The first-order chi connectivity index (χ1) is 13.3. The molecule has 2 aromatic heterocycles. The highest BCUT2D eigenvalue weighted by Crippen LogP contribution is 2.40. The lowest BCUT2D eigenvalue weighted by Crippen LogP contribution is -2.22. The lowest BCUT2D eigenvalue weighted by Gasteiger charge is -2.22. The van der Waals surface area contributed by atoms with Gasteiger partial charge >= 0.3 is 0 Å². The van der Waals surface area contributed by atoms with Crippen LogP contribution in [-0.2, 0) is 12.0 Å². The number of aromatic nitrogens is 1. The van der Waals surface area contributed by atoms with Crippen LogP contribution in [-0.4, -0.2) is 9.97 Å². The van der Waals surface area contributed by atoms with E-state index in [2.05, 4.69) is 61.0 Å². The van der Waals surface area contributed by atoms with Crippen LogP contribution in [0.2, 0.25) is 0 Å². The summed E-state index contributed by atoms with van der Waals surface area (Å²) in [6, 6.07) is 14.7. The summed E-state index contributed by atoms with van der Waals surface area (Å²) in [5, 5.41) is 11.7. The Balaban J connectivity index is 1.81. The molecular weight excluding hydrogens is 384 g/mol. The van der Waals surface area contributed by atoms with Crippen molar-refractivity contribution in [1.29, 1.82) is 5.26 Å². The van der Waals surface area contributed by atoms with E-state index in [4.69, 9.17) is 18.0 Å². The number of nitriles is 1. The van der Waals surface area contributed by atoms with Crippen LogP contribution in [0, 0.1) is 11.3 Å². The Morgan fingerprint density at radius 2 is 1.89 bits per heavy atom. The summed E-state index contributed by atoms with van der Waals surface area (Å²) in [6.45, 7) is 7.14. The lowest BCUT2D eigenvalue weighted by molar-refractivity contribution is 0.590. The average Bonchev–Trinajstić information content (AvgIpc) is 3.28. The van der Waals surface area contributed by atoms with Gasteiger partial charge in [-0.3, -0.25) is 0 Å². The van der Waals surface area contributed by atoms with E-state index in [1.807, 2.05) is 17.5 Å². The van der Waals surface area contributed by atoms with E-state index in [-0.39, 0.29) is 11.2 Å². The minimum Gasteiger partial charge on any atom is -0.383 e. The van der Waals surface area contributed by atoms with Gasteiger partial charge in [-0.25, -0.2) is 4.98 Å². The Kier molecular flexibility index (Phi) is 4.45. The largest absolute Gasteiger partial charge is 0.383 e. The normalized spacial score (nSPS) is 13.5. The molecule has 1 aromatic carbocycles. The third kappa shape index (κ3) is 2.97. The molecule has 0 fully saturated rings. The summed E-state index contributed by atoms with van der Waals surface area (Å²) in [7, 11) is 0. The standard InChI is InChI=1S/C22H20N4S2/c1-22(2,3)13-6-8-14(9-7-13)26-12-16-19(21(26)27)18(17-5-4-10-28-17)15(11-23)20(24)25-16/h4-10H,12H2,1-3H3,(H2,24,25). The second-order valence-electron chi connectivity index (χ2n) is 7.85. The summed E-state index contributed by atoms with van der Waals surface area (Å²) in [5.41, 5.74) is 11.4. The van der Waals surface area contributed by atoms with E-state index in [0.29, 0.717) is 17.1 Å². The smallest absolute Gasteiger partial charge is 0.142 e. The summed E-state index contributed by atoms with van der Waals surface area (Å²) >= 11 is 7.41. The molecule has 3 heterocycles. The number of benzene rings is 1. The predicted molar refractivity (Wildman–Crippen MR) is 120 cm³/mol. The molecule has 0 saturated heterocycles. The van der Waals surface area contributed by atoms with Gasteiger partial charge in [-0.2, -0.15) is 5.26 Å². The van der Waals surface area contributed by atoms with Crippen molar-refractivity contribution < 1.29 is 0 Å². The highest BCUT2D eigenvalue weighted by Gasteiger charge is 2.33. The minimum absolute atomic E-state index is 0.0943. The Morgan fingerprint density at radius 3 is 2.46 bits per heavy atom. The fraction of sp³-hybridized carbons (Fsp3) is 0.227. The van der Waals surface area contributed by atoms with Gasteiger partial charge in [0.25, 0.3) is 0 Å². The molecule has 4 rings (SSSR count). The molecule has 4 nitrogen and oxygen atoms in total. The molecule has 0 bridgehead atoms. The van der Waals surface area contributed by atoms with E-state index in [0.717, 1.165) is 27.4 Å². The number of thiophene rings is 1. The van der Waals surface area contributed by atoms with Crippen LogP contribution in [0.25, 0.3) is 10.4 Å². The fourth-order valence-electron chi connectivity index (χ4n) is 3.49. The molecule has 1 aliphatic heterocycles. The van der Waals surface area contributed by atoms with Crippen LogP contribution in [0.1, 0.15) is 43.2 Å². The maximum Gasteiger partial charge on any atom is 0.142 e. The first-order valence-corrected chi connectivity index (χ1v) is 10.3. The van der Waals surface area contributed by atoms with Gasteiger partial charge in [-0.15, -0.1) is 11.3 Å². The third-order valence-electron chi connectivity index (χ3n) is 4.99. The number of nitrogens with zero attached hydrogens (tertiary/aromatic N) is 3. The maximum atomic E-state index is 9.68. The van der Waals surface area contributed by atoms with Crippen molar-refractivity contribution in [2.75, 3.05) is 10.6 Å². The first-order valence-electron chi connectivity index (χ1n) is 9.00. The molecule has 0 unspecified atom stereocenters. The summed E-state index contributed by atoms with van der Waals surface area (Å²) in [4.78, 5) is 8.24. The van der Waals surface area contributed by atoms with Crippen molar-refractivity contribution in [3.8, 4) is 16.5 Å². The number of hydrogen-bond donors (Lipinski definition) is 1. The SMILES string of the molecule is CC(C)(C)c1ccc(N2Cc3nc(N)c(C#N)c(-c4cccs4)c3C2=S)cc1. The van der Waals surface area contributed by atoms with Crippen LogP contribution in [0.5, 0.6) is 0 Å². The summed E-state index contributed by atoms with van der Waals surface area (Å²) in [5.74, 6) is 0.261. The van der Waals surface area contributed by atoms with Crippen LogP contribution in [0.4, 0.5) is 11.5 Å². The number of thiocarbonyl (C=S) groups is 1. The summed E-state index contributed by atoms with van der Waals surface area (Å²) < 4.78 is 0. The van der Waals surface area contributed by atoms with Gasteiger partial charge < -0.3 is 10.6 Å².